The van der Waals surface area contributed by atoms with E-state index in [1.807, 2.05) is 91.0 Å². The molecule has 0 N–H and O–H groups in total. The van der Waals surface area contributed by atoms with Crippen LogP contribution >= 0.6 is 11.8 Å². The first-order valence-electron chi connectivity index (χ1n) is 12.4. The van der Waals surface area contributed by atoms with Crippen molar-refractivity contribution in [1.82, 2.24) is 4.90 Å². The molecule has 2 heterocycles. The van der Waals surface area contributed by atoms with Gasteiger partial charge in [-0.2, -0.15) is 0 Å². The molecule has 2 aliphatic heterocycles. The minimum absolute atomic E-state index is 0.222. The van der Waals surface area contributed by atoms with E-state index in [0.29, 0.717) is 11.3 Å². The number of benzene rings is 4. The lowest BCUT2D eigenvalue weighted by Gasteiger charge is -2.29. The third kappa shape index (κ3) is 3.87. The zero-order valence-corrected chi connectivity index (χ0v) is 21.7. The molecule has 4 nitrogen and oxygen atoms in total. The molecular weight excluding hydrogens is 490 g/mol. The fourth-order valence-electron chi connectivity index (χ4n) is 5.25. The zero-order valence-electron chi connectivity index (χ0n) is 20.8. The Labute approximate surface area is 226 Å². The molecule has 186 valence electrons. The van der Waals surface area contributed by atoms with Crippen molar-refractivity contribution in [2.24, 2.45) is 5.41 Å². The number of fused-ring (bicyclic) bond motifs is 3. The highest BCUT2D eigenvalue weighted by atomic mass is 32.2. The molecule has 5 heteroatoms. The highest BCUT2D eigenvalue weighted by molar-refractivity contribution is 7.99. The number of carbonyl (C=O) groups excluding carboxylic acids is 2. The number of thioether (sulfide) groups is 1. The van der Waals surface area contributed by atoms with E-state index in [1.54, 1.807) is 42.5 Å². The molecule has 4 aromatic carbocycles. The van der Waals surface area contributed by atoms with Gasteiger partial charge in [0, 0.05) is 33.5 Å². The van der Waals surface area contributed by atoms with Gasteiger partial charge < -0.3 is 4.74 Å². The second kappa shape index (κ2) is 9.84. The van der Waals surface area contributed by atoms with Gasteiger partial charge in [-0.05, 0) is 53.6 Å². The number of rotatable bonds is 7. The lowest BCUT2D eigenvalue weighted by molar-refractivity contribution is -0.129. The van der Waals surface area contributed by atoms with Crippen molar-refractivity contribution in [3.8, 4) is 5.75 Å². The average molecular weight is 516 g/mol. The van der Waals surface area contributed by atoms with Gasteiger partial charge in [-0.1, -0.05) is 72.8 Å². The molecule has 6 rings (SSSR count). The number of hydrogen-bond donors (Lipinski definition) is 0. The molecule has 0 aromatic heterocycles. The Balaban J connectivity index is 1.62. The topological polar surface area (TPSA) is 46.6 Å². The van der Waals surface area contributed by atoms with Gasteiger partial charge in [0.15, 0.2) is 5.78 Å². The largest absolute Gasteiger partial charge is 0.497 e. The molecule has 0 bridgehead atoms. The summed E-state index contributed by atoms with van der Waals surface area (Å²) in [5.41, 5.74) is 3.37. The van der Waals surface area contributed by atoms with Crippen LogP contribution < -0.4 is 4.74 Å². The van der Waals surface area contributed by atoms with Crippen LogP contribution in [-0.2, 0) is 4.79 Å². The normalized spacial score (nSPS) is 17.8. The predicted molar refractivity (Wildman–Crippen MR) is 153 cm³/mol. The fraction of sp³-hybridized carbons (Fsp3) is 0.0909. The second-order valence-electron chi connectivity index (χ2n) is 9.23. The van der Waals surface area contributed by atoms with Crippen LogP contribution in [0.3, 0.4) is 0 Å². The van der Waals surface area contributed by atoms with Crippen LogP contribution in [0.15, 0.2) is 120 Å². The van der Waals surface area contributed by atoms with Gasteiger partial charge in [0.1, 0.15) is 11.2 Å². The quantitative estimate of drug-likeness (QED) is 0.150. The molecule has 0 fully saturated rings. The standard InChI is InChI=1S/C33H25NO3S/c1-37-26-18-16-25(17-19-26)31(35)33(22-38-27-13-6-3-7-14-27)29(24-11-4-2-5-12-24)30-28-15-9-8-10-23(28)20-21-34(30)32(33)36/h2-21H,22H2,1H3. The summed E-state index contributed by atoms with van der Waals surface area (Å²) in [7, 11) is 1.59. The van der Waals surface area contributed by atoms with Gasteiger partial charge in [-0.3, -0.25) is 14.5 Å². The van der Waals surface area contributed by atoms with Crippen molar-refractivity contribution in [2.45, 2.75) is 4.90 Å². The van der Waals surface area contributed by atoms with E-state index in [4.69, 9.17) is 4.74 Å². The molecule has 1 amide bonds. The molecule has 0 saturated heterocycles. The minimum Gasteiger partial charge on any atom is -0.497 e. The highest BCUT2D eigenvalue weighted by Crippen LogP contribution is 2.55. The van der Waals surface area contributed by atoms with E-state index in [-0.39, 0.29) is 17.4 Å². The molecule has 4 aromatic rings. The number of ether oxygens (including phenoxy) is 1. The van der Waals surface area contributed by atoms with Gasteiger partial charge in [0.25, 0.3) is 5.91 Å². The molecule has 0 aliphatic carbocycles. The third-order valence-corrected chi connectivity index (χ3v) is 8.29. The molecule has 1 unspecified atom stereocenters. The van der Waals surface area contributed by atoms with E-state index in [0.717, 1.165) is 32.9 Å². The molecule has 0 saturated carbocycles. The van der Waals surface area contributed by atoms with Gasteiger partial charge in [-0.15, -0.1) is 11.8 Å². The van der Waals surface area contributed by atoms with E-state index in [2.05, 4.69) is 0 Å². The SMILES string of the molecule is COc1ccc(C(=O)C2(CSc3ccccc3)C(=O)N3C=Cc4ccccc4C3=C2c2ccccc2)cc1. The van der Waals surface area contributed by atoms with Gasteiger partial charge in [-0.25, -0.2) is 0 Å². The zero-order chi connectivity index (χ0) is 26.1. The maximum atomic E-state index is 14.7. The summed E-state index contributed by atoms with van der Waals surface area (Å²) < 4.78 is 5.32. The number of nitrogens with zero attached hydrogens (tertiary/aromatic N) is 1. The first kappa shape index (κ1) is 24.0. The van der Waals surface area contributed by atoms with E-state index >= 15 is 0 Å². The molecule has 1 atom stereocenters. The lowest BCUT2D eigenvalue weighted by atomic mass is 9.73. The third-order valence-electron chi connectivity index (χ3n) is 7.11. The Kier molecular flexibility index (Phi) is 6.22. The van der Waals surface area contributed by atoms with Crippen molar-refractivity contribution in [1.29, 1.82) is 0 Å². The molecule has 0 spiro atoms. The van der Waals surface area contributed by atoms with Crippen molar-refractivity contribution in [3.63, 3.8) is 0 Å². The summed E-state index contributed by atoms with van der Waals surface area (Å²) in [4.78, 5) is 31.9. The van der Waals surface area contributed by atoms with Crippen LogP contribution in [0.2, 0.25) is 0 Å². The Morgan fingerprint density at radius 3 is 2.21 bits per heavy atom. The molecule has 38 heavy (non-hydrogen) atoms. The lowest BCUT2D eigenvalue weighted by Crippen LogP contribution is -2.44. The van der Waals surface area contributed by atoms with Crippen LogP contribution in [0.5, 0.6) is 5.75 Å². The van der Waals surface area contributed by atoms with Gasteiger partial charge in [0.05, 0.1) is 12.8 Å². The minimum atomic E-state index is -1.44. The molecular formula is C33H25NO3S. The highest BCUT2D eigenvalue weighted by Gasteiger charge is 2.58. The number of methoxy groups -OCH3 is 1. The maximum Gasteiger partial charge on any atom is 0.250 e. The smallest absolute Gasteiger partial charge is 0.250 e. The maximum absolute atomic E-state index is 14.7. The molecule has 0 radical (unpaired) electrons. The van der Waals surface area contributed by atoms with Crippen molar-refractivity contribution < 1.29 is 14.3 Å². The number of amides is 1. The fourth-order valence-corrected chi connectivity index (χ4v) is 6.38. The Bertz CT molecular complexity index is 1580. The number of carbonyl (C=O) groups is 2. The average Bonchev–Trinajstić information content (AvgIpc) is 3.25. The van der Waals surface area contributed by atoms with Gasteiger partial charge in [0.2, 0.25) is 0 Å². The van der Waals surface area contributed by atoms with Gasteiger partial charge >= 0.3 is 0 Å². The Morgan fingerprint density at radius 1 is 0.842 bits per heavy atom. The Morgan fingerprint density at radius 2 is 1.50 bits per heavy atom. The first-order valence-corrected chi connectivity index (χ1v) is 13.4. The summed E-state index contributed by atoms with van der Waals surface area (Å²) >= 11 is 1.52. The monoisotopic (exact) mass is 515 g/mol. The summed E-state index contributed by atoms with van der Waals surface area (Å²) in [5, 5.41) is 0. The summed E-state index contributed by atoms with van der Waals surface area (Å²) in [6, 6.07) is 34.8. The van der Waals surface area contributed by atoms with Crippen molar-refractivity contribution >= 4 is 40.8 Å². The summed E-state index contributed by atoms with van der Waals surface area (Å²) in [6.45, 7) is 0. The number of Topliss-reactive ketones (excluding diaryl/α,β-unsaturated/α-hetero) is 1. The summed E-state index contributed by atoms with van der Waals surface area (Å²) in [5.74, 6) is 0.463. The van der Waals surface area contributed by atoms with Crippen LogP contribution in [0.4, 0.5) is 0 Å². The van der Waals surface area contributed by atoms with Crippen LogP contribution in [0, 0.1) is 5.41 Å². The number of hydrogen-bond acceptors (Lipinski definition) is 4. The van der Waals surface area contributed by atoms with E-state index in [1.165, 1.54) is 11.8 Å². The first-order chi connectivity index (χ1) is 18.6. The number of ketones is 1. The summed E-state index contributed by atoms with van der Waals surface area (Å²) in [6.07, 6.45) is 3.75. The Hall–Kier alpha value is -4.35. The van der Waals surface area contributed by atoms with E-state index < -0.39 is 5.41 Å². The van der Waals surface area contributed by atoms with Crippen LogP contribution in [0.25, 0.3) is 17.3 Å². The predicted octanol–water partition coefficient (Wildman–Crippen LogP) is 7.05. The van der Waals surface area contributed by atoms with Crippen molar-refractivity contribution in [2.75, 3.05) is 12.9 Å². The molecule has 2 aliphatic rings. The van der Waals surface area contributed by atoms with Crippen LogP contribution in [-0.4, -0.2) is 29.5 Å². The van der Waals surface area contributed by atoms with Crippen molar-refractivity contribution in [3.05, 3.63) is 138 Å². The second-order valence-corrected chi connectivity index (χ2v) is 10.3. The van der Waals surface area contributed by atoms with E-state index in [9.17, 15) is 9.59 Å². The van der Waals surface area contributed by atoms with Crippen LogP contribution in [0.1, 0.15) is 27.0 Å².